The van der Waals surface area contributed by atoms with Crippen LogP contribution in [0.2, 0.25) is 0 Å². The van der Waals surface area contributed by atoms with Crippen LogP contribution in [-0.4, -0.2) is 18.7 Å². The highest BCUT2D eigenvalue weighted by Crippen LogP contribution is 2.28. The minimum atomic E-state index is -0.269. The van der Waals surface area contributed by atoms with Crippen LogP contribution in [0.15, 0.2) is 24.3 Å². The van der Waals surface area contributed by atoms with Gasteiger partial charge in [-0.3, -0.25) is 0 Å². The lowest BCUT2D eigenvalue weighted by Gasteiger charge is -2.35. The highest BCUT2D eigenvalue weighted by molar-refractivity contribution is 5.24. The van der Waals surface area contributed by atoms with Crippen molar-refractivity contribution in [3.63, 3.8) is 0 Å². The van der Waals surface area contributed by atoms with Crippen molar-refractivity contribution >= 4 is 0 Å². The van der Waals surface area contributed by atoms with Crippen LogP contribution in [-0.2, 0) is 0 Å². The number of hydrogen-bond donors (Lipinski definition) is 1. The molecule has 0 bridgehead atoms. The smallest absolute Gasteiger partial charge is 0.165 e. The van der Waals surface area contributed by atoms with Gasteiger partial charge in [0.15, 0.2) is 11.6 Å². The third-order valence-electron chi connectivity index (χ3n) is 3.83. The number of rotatable bonds is 5. The van der Waals surface area contributed by atoms with Crippen molar-refractivity contribution in [1.29, 1.82) is 0 Å². The van der Waals surface area contributed by atoms with Crippen molar-refractivity contribution in [2.24, 2.45) is 5.92 Å². The minimum absolute atomic E-state index is 0.0761. The average molecular weight is 265 g/mol. The van der Waals surface area contributed by atoms with Crippen molar-refractivity contribution < 1.29 is 9.13 Å². The summed E-state index contributed by atoms with van der Waals surface area (Å²) in [6.07, 6.45) is 4.51. The Morgan fingerprint density at radius 1 is 1.32 bits per heavy atom. The molecule has 2 nitrogen and oxygen atoms in total. The summed E-state index contributed by atoms with van der Waals surface area (Å²) in [5.74, 6) is 0.760. The summed E-state index contributed by atoms with van der Waals surface area (Å²) in [6.45, 7) is 5.40. The molecule has 1 fully saturated rings. The third kappa shape index (κ3) is 3.93. The molecule has 3 atom stereocenters. The van der Waals surface area contributed by atoms with Crippen LogP contribution < -0.4 is 10.1 Å². The SMILES string of the molecule is CCCNC1CCC(C)CC1Oc1ccccc1F. The lowest BCUT2D eigenvalue weighted by molar-refractivity contribution is 0.0870. The van der Waals surface area contributed by atoms with Crippen LogP contribution >= 0.6 is 0 Å². The molecule has 1 aromatic carbocycles. The summed E-state index contributed by atoms with van der Waals surface area (Å²) in [7, 11) is 0. The quantitative estimate of drug-likeness (QED) is 0.875. The van der Waals surface area contributed by atoms with Gasteiger partial charge in [-0.15, -0.1) is 0 Å². The van der Waals surface area contributed by atoms with Crippen LogP contribution in [0.4, 0.5) is 4.39 Å². The zero-order chi connectivity index (χ0) is 13.7. The van der Waals surface area contributed by atoms with Crippen molar-refractivity contribution in [2.75, 3.05) is 6.54 Å². The second-order valence-corrected chi connectivity index (χ2v) is 5.57. The highest BCUT2D eigenvalue weighted by atomic mass is 19.1. The molecule has 0 spiro atoms. The monoisotopic (exact) mass is 265 g/mol. The van der Waals surface area contributed by atoms with Crippen molar-refractivity contribution in [1.82, 2.24) is 5.32 Å². The lowest BCUT2D eigenvalue weighted by Crippen LogP contribution is -2.47. The summed E-state index contributed by atoms with van der Waals surface area (Å²) in [4.78, 5) is 0. The van der Waals surface area contributed by atoms with Gasteiger partial charge in [0.1, 0.15) is 6.10 Å². The van der Waals surface area contributed by atoms with E-state index >= 15 is 0 Å². The summed E-state index contributed by atoms with van der Waals surface area (Å²) < 4.78 is 19.6. The van der Waals surface area contributed by atoms with E-state index in [4.69, 9.17) is 4.74 Å². The molecule has 1 aliphatic carbocycles. The Balaban J connectivity index is 2.03. The first kappa shape index (κ1) is 14.3. The first-order valence-corrected chi connectivity index (χ1v) is 7.35. The molecule has 0 aliphatic heterocycles. The molecule has 1 N–H and O–H groups in total. The molecule has 0 aromatic heterocycles. The summed E-state index contributed by atoms with van der Waals surface area (Å²) in [5.41, 5.74) is 0. The van der Waals surface area contributed by atoms with Crippen molar-refractivity contribution in [3.8, 4) is 5.75 Å². The van der Waals surface area contributed by atoms with Gasteiger partial charge in [0, 0.05) is 6.04 Å². The number of halogens is 1. The topological polar surface area (TPSA) is 21.3 Å². The van der Waals surface area contributed by atoms with E-state index < -0.39 is 0 Å². The molecule has 3 unspecified atom stereocenters. The minimum Gasteiger partial charge on any atom is -0.486 e. The van der Waals surface area contributed by atoms with Gasteiger partial charge in [0.2, 0.25) is 0 Å². The molecule has 0 saturated heterocycles. The molecular weight excluding hydrogens is 241 g/mol. The van der Waals surface area contributed by atoms with Gasteiger partial charge in [0.25, 0.3) is 0 Å². The third-order valence-corrected chi connectivity index (χ3v) is 3.83. The Morgan fingerprint density at radius 2 is 2.11 bits per heavy atom. The molecule has 3 heteroatoms. The van der Waals surface area contributed by atoms with Gasteiger partial charge in [-0.05, 0) is 50.3 Å². The molecule has 1 aromatic rings. The van der Waals surface area contributed by atoms with Gasteiger partial charge in [-0.25, -0.2) is 4.39 Å². The van der Waals surface area contributed by atoms with E-state index in [0.717, 1.165) is 25.8 Å². The van der Waals surface area contributed by atoms with Crippen LogP contribution in [0.1, 0.15) is 39.5 Å². The van der Waals surface area contributed by atoms with E-state index in [0.29, 0.717) is 17.7 Å². The Labute approximate surface area is 115 Å². The van der Waals surface area contributed by atoms with Crippen LogP contribution in [0.3, 0.4) is 0 Å². The zero-order valence-electron chi connectivity index (χ0n) is 11.9. The fourth-order valence-electron chi connectivity index (χ4n) is 2.73. The Bertz CT molecular complexity index is 394. The molecule has 0 radical (unpaired) electrons. The summed E-state index contributed by atoms with van der Waals surface area (Å²) in [5, 5.41) is 3.53. The second-order valence-electron chi connectivity index (χ2n) is 5.57. The number of ether oxygens (including phenoxy) is 1. The highest BCUT2D eigenvalue weighted by Gasteiger charge is 2.30. The van der Waals surface area contributed by atoms with E-state index in [9.17, 15) is 4.39 Å². The molecule has 19 heavy (non-hydrogen) atoms. The Hall–Kier alpha value is -1.09. The predicted octanol–water partition coefficient (Wildman–Crippen LogP) is 3.76. The first-order chi connectivity index (χ1) is 9.20. The Morgan fingerprint density at radius 3 is 2.84 bits per heavy atom. The molecular formula is C16H24FNO. The fraction of sp³-hybridized carbons (Fsp3) is 0.625. The van der Waals surface area contributed by atoms with Crippen molar-refractivity contribution in [3.05, 3.63) is 30.1 Å². The molecule has 106 valence electrons. The van der Waals surface area contributed by atoms with Gasteiger partial charge < -0.3 is 10.1 Å². The van der Waals surface area contributed by atoms with E-state index in [1.165, 1.54) is 12.5 Å². The van der Waals surface area contributed by atoms with E-state index in [1.807, 2.05) is 6.07 Å². The van der Waals surface area contributed by atoms with Gasteiger partial charge in [-0.2, -0.15) is 0 Å². The standard InChI is InChI=1S/C16H24FNO/c1-3-10-18-14-9-8-12(2)11-16(14)19-15-7-5-4-6-13(15)17/h4-7,12,14,16,18H,3,8-11H2,1-2H3. The fourth-order valence-corrected chi connectivity index (χ4v) is 2.73. The van der Waals surface area contributed by atoms with Crippen LogP contribution in [0.25, 0.3) is 0 Å². The van der Waals surface area contributed by atoms with Crippen LogP contribution in [0.5, 0.6) is 5.75 Å². The normalized spacial score (nSPS) is 27.2. The van der Waals surface area contributed by atoms with E-state index in [2.05, 4.69) is 19.2 Å². The van der Waals surface area contributed by atoms with Gasteiger partial charge in [0.05, 0.1) is 0 Å². The second kappa shape index (κ2) is 6.90. The maximum atomic E-state index is 13.7. The first-order valence-electron chi connectivity index (χ1n) is 7.35. The number of para-hydroxylation sites is 1. The predicted molar refractivity (Wildman–Crippen MR) is 75.9 cm³/mol. The molecule has 1 saturated carbocycles. The maximum absolute atomic E-state index is 13.7. The lowest BCUT2D eigenvalue weighted by atomic mass is 9.85. The molecule has 2 rings (SSSR count). The number of hydrogen-bond acceptors (Lipinski definition) is 2. The maximum Gasteiger partial charge on any atom is 0.165 e. The summed E-state index contributed by atoms with van der Waals surface area (Å²) >= 11 is 0. The zero-order valence-corrected chi connectivity index (χ0v) is 11.9. The largest absolute Gasteiger partial charge is 0.486 e. The average Bonchev–Trinajstić information content (AvgIpc) is 2.40. The number of nitrogens with one attached hydrogen (secondary N) is 1. The Kier molecular flexibility index (Phi) is 5.20. The number of benzene rings is 1. The van der Waals surface area contributed by atoms with Gasteiger partial charge >= 0.3 is 0 Å². The van der Waals surface area contributed by atoms with E-state index in [1.54, 1.807) is 12.1 Å². The summed E-state index contributed by atoms with van der Waals surface area (Å²) in [6, 6.07) is 7.02. The van der Waals surface area contributed by atoms with Gasteiger partial charge in [-0.1, -0.05) is 26.0 Å². The molecule has 0 amide bonds. The van der Waals surface area contributed by atoms with E-state index in [-0.39, 0.29) is 11.9 Å². The molecule has 0 heterocycles. The molecule has 1 aliphatic rings. The van der Waals surface area contributed by atoms with Crippen molar-refractivity contribution in [2.45, 2.75) is 51.7 Å². The van der Waals surface area contributed by atoms with Crippen LogP contribution in [0, 0.1) is 11.7 Å².